The van der Waals surface area contributed by atoms with Gasteiger partial charge in [0, 0.05) is 25.8 Å². The molecule has 1 fully saturated rings. The van der Waals surface area contributed by atoms with Crippen LogP contribution in [0.3, 0.4) is 0 Å². The van der Waals surface area contributed by atoms with Crippen LogP contribution in [0.25, 0.3) is 0 Å². The summed E-state index contributed by atoms with van der Waals surface area (Å²) < 4.78 is 1.82. The van der Waals surface area contributed by atoms with Crippen LogP contribution >= 0.6 is 0 Å². The number of nitrogens with one attached hydrogen (secondary N) is 1. The second-order valence-electron chi connectivity index (χ2n) is 5.22. The summed E-state index contributed by atoms with van der Waals surface area (Å²) in [5, 5.41) is 6.96. The molecule has 1 saturated heterocycles. The Hall–Kier alpha value is -2.44. The number of anilines is 1. The maximum Gasteiger partial charge on any atom is 0.323 e. The Morgan fingerprint density at radius 1 is 1.43 bits per heavy atom. The largest absolute Gasteiger partial charge is 0.324 e. The lowest BCUT2D eigenvalue weighted by Crippen LogP contribution is -2.43. The molecule has 0 aromatic carbocycles. The average molecular weight is 286 g/mol. The first kappa shape index (κ1) is 13.5. The van der Waals surface area contributed by atoms with Crippen LogP contribution in [0.2, 0.25) is 0 Å². The van der Waals surface area contributed by atoms with Gasteiger partial charge in [-0.15, -0.1) is 0 Å². The molecule has 0 radical (unpaired) electrons. The van der Waals surface area contributed by atoms with Crippen LogP contribution in [0.4, 0.5) is 10.6 Å². The molecule has 1 N–H and O–H groups in total. The standard InChI is InChI=1S/C14H18N6O/c21-14(18-13-5-1-2-6-16-13)19-7-3-4-12(8-19)9-20-11-15-10-17-20/h1-2,5-6,10-12H,3-4,7-9H2,(H,16,18,21)/t12-/m1/s1. The predicted molar refractivity (Wildman–Crippen MR) is 77.6 cm³/mol. The van der Waals surface area contributed by atoms with Gasteiger partial charge in [0.05, 0.1) is 0 Å². The van der Waals surface area contributed by atoms with E-state index in [-0.39, 0.29) is 6.03 Å². The van der Waals surface area contributed by atoms with E-state index in [1.807, 2.05) is 21.7 Å². The summed E-state index contributed by atoms with van der Waals surface area (Å²) in [6.45, 7) is 2.32. The van der Waals surface area contributed by atoms with Crippen LogP contribution in [0.5, 0.6) is 0 Å². The molecule has 2 aromatic rings. The highest BCUT2D eigenvalue weighted by atomic mass is 16.2. The van der Waals surface area contributed by atoms with Crippen molar-refractivity contribution in [3.8, 4) is 0 Å². The van der Waals surface area contributed by atoms with Gasteiger partial charge in [0.15, 0.2) is 0 Å². The maximum absolute atomic E-state index is 12.3. The third-order valence-electron chi connectivity index (χ3n) is 3.62. The molecular weight excluding hydrogens is 268 g/mol. The fourth-order valence-electron chi connectivity index (χ4n) is 2.62. The Kier molecular flexibility index (Phi) is 4.09. The molecule has 0 saturated carbocycles. The highest BCUT2D eigenvalue weighted by molar-refractivity contribution is 5.88. The van der Waals surface area contributed by atoms with Gasteiger partial charge in [-0.2, -0.15) is 5.10 Å². The first-order valence-corrected chi connectivity index (χ1v) is 7.10. The highest BCUT2D eigenvalue weighted by Crippen LogP contribution is 2.18. The van der Waals surface area contributed by atoms with Crippen molar-refractivity contribution in [2.45, 2.75) is 19.4 Å². The first-order chi connectivity index (χ1) is 10.3. The van der Waals surface area contributed by atoms with Crippen LogP contribution < -0.4 is 5.32 Å². The molecule has 1 aliphatic rings. The van der Waals surface area contributed by atoms with E-state index in [2.05, 4.69) is 20.4 Å². The van der Waals surface area contributed by atoms with Crippen molar-refractivity contribution in [2.24, 2.45) is 5.92 Å². The van der Waals surface area contributed by atoms with Crippen molar-refractivity contribution >= 4 is 11.8 Å². The molecule has 2 amide bonds. The molecule has 0 spiro atoms. The normalized spacial score (nSPS) is 18.5. The summed E-state index contributed by atoms with van der Waals surface area (Å²) in [6, 6.07) is 5.38. The van der Waals surface area contributed by atoms with Crippen molar-refractivity contribution in [1.82, 2.24) is 24.6 Å². The number of amides is 2. The van der Waals surface area contributed by atoms with E-state index in [4.69, 9.17) is 0 Å². The number of carbonyl (C=O) groups is 1. The van der Waals surface area contributed by atoms with Gasteiger partial charge in [-0.25, -0.2) is 14.8 Å². The lowest BCUT2D eigenvalue weighted by Gasteiger charge is -2.32. The second kappa shape index (κ2) is 6.34. The third kappa shape index (κ3) is 3.56. The van der Waals surface area contributed by atoms with E-state index in [0.717, 1.165) is 32.5 Å². The van der Waals surface area contributed by atoms with Crippen molar-refractivity contribution < 1.29 is 4.79 Å². The number of urea groups is 1. The fourth-order valence-corrected chi connectivity index (χ4v) is 2.62. The summed E-state index contributed by atoms with van der Waals surface area (Å²) in [6.07, 6.45) is 7.03. The summed E-state index contributed by atoms with van der Waals surface area (Å²) in [5.74, 6) is 0.996. The molecule has 3 heterocycles. The molecule has 0 unspecified atom stereocenters. The summed E-state index contributed by atoms with van der Waals surface area (Å²) in [7, 11) is 0. The Morgan fingerprint density at radius 3 is 3.14 bits per heavy atom. The zero-order valence-electron chi connectivity index (χ0n) is 11.7. The Morgan fingerprint density at radius 2 is 2.38 bits per heavy atom. The lowest BCUT2D eigenvalue weighted by molar-refractivity contribution is 0.168. The van der Waals surface area contributed by atoms with Gasteiger partial charge in [-0.05, 0) is 30.9 Å². The number of rotatable bonds is 3. The molecule has 110 valence electrons. The Labute approximate surface area is 123 Å². The molecule has 7 nitrogen and oxygen atoms in total. The smallest absolute Gasteiger partial charge is 0.323 e. The molecular formula is C14H18N6O. The molecule has 21 heavy (non-hydrogen) atoms. The fraction of sp³-hybridized carbons (Fsp3) is 0.429. The molecule has 1 aliphatic heterocycles. The molecule has 1 atom stereocenters. The number of likely N-dealkylation sites (tertiary alicyclic amines) is 1. The summed E-state index contributed by atoms with van der Waals surface area (Å²) in [5.41, 5.74) is 0. The van der Waals surface area contributed by atoms with E-state index >= 15 is 0 Å². The molecule has 0 aliphatic carbocycles. The number of aromatic nitrogens is 4. The van der Waals surface area contributed by atoms with Gasteiger partial charge in [0.1, 0.15) is 18.5 Å². The number of piperidine rings is 1. The van der Waals surface area contributed by atoms with E-state index in [1.54, 1.807) is 18.6 Å². The molecule has 3 rings (SSSR count). The summed E-state index contributed by atoms with van der Waals surface area (Å²) in [4.78, 5) is 22.2. The van der Waals surface area contributed by atoms with Crippen LogP contribution in [-0.4, -0.2) is 43.8 Å². The van der Waals surface area contributed by atoms with Gasteiger partial charge in [-0.3, -0.25) is 10.00 Å². The zero-order chi connectivity index (χ0) is 14.5. The number of carbonyl (C=O) groups excluding carboxylic acids is 1. The van der Waals surface area contributed by atoms with E-state index in [0.29, 0.717) is 11.7 Å². The van der Waals surface area contributed by atoms with Crippen molar-refractivity contribution in [1.29, 1.82) is 0 Å². The van der Waals surface area contributed by atoms with Gasteiger partial charge < -0.3 is 4.90 Å². The third-order valence-corrected chi connectivity index (χ3v) is 3.62. The average Bonchev–Trinajstić information content (AvgIpc) is 3.01. The minimum atomic E-state index is -0.0861. The van der Waals surface area contributed by atoms with Gasteiger partial charge in [-0.1, -0.05) is 6.07 Å². The monoisotopic (exact) mass is 286 g/mol. The Balaban J connectivity index is 1.56. The minimum absolute atomic E-state index is 0.0861. The SMILES string of the molecule is O=C(Nc1ccccn1)N1CCC[C@@H](Cn2cncn2)C1. The second-order valence-corrected chi connectivity index (χ2v) is 5.22. The number of hydrogen-bond acceptors (Lipinski definition) is 4. The van der Waals surface area contributed by atoms with Gasteiger partial charge in [0.2, 0.25) is 0 Å². The highest BCUT2D eigenvalue weighted by Gasteiger charge is 2.24. The van der Waals surface area contributed by atoms with Crippen LogP contribution in [-0.2, 0) is 6.54 Å². The zero-order valence-corrected chi connectivity index (χ0v) is 11.7. The van der Waals surface area contributed by atoms with Crippen LogP contribution in [0, 0.1) is 5.92 Å². The topological polar surface area (TPSA) is 75.9 Å². The molecule has 7 heteroatoms. The van der Waals surface area contributed by atoms with E-state index < -0.39 is 0 Å². The number of nitrogens with zero attached hydrogens (tertiary/aromatic N) is 5. The maximum atomic E-state index is 12.3. The lowest BCUT2D eigenvalue weighted by atomic mass is 9.98. The predicted octanol–water partition coefficient (Wildman–Crippen LogP) is 1.62. The van der Waals surface area contributed by atoms with Crippen LogP contribution in [0.15, 0.2) is 37.1 Å². The first-order valence-electron chi connectivity index (χ1n) is 7.10. The van der Waals surface area contributed by atoms with Gasteiger partial charge >= 0.3 is 6.03 Å². The molecule has 0 bridgehead atoms. The van der Waals surface area contributed by atoms with Crippen molar-refractivity contribution in [3.63, 3.8) is 0 Å². The van der Waals surface area contributed by atoms with Crippen molar-refractivity contribution in [2.75, 3.05) is 18.4 Å². The Bertz CT molecular complexity index is 570. The van der Waals surface area contributed by atoms with Crippen LogP contribution in [0.1, 0.15) is 12.8 Å². The number of hydrogen-bond donors (Lipinski definition) is 1. The quantitative estimate of drug-likeness (QED) is 0.930. The summed E-state index contributed by atoms with van der Waals surface area (Å²) >= 11 is 0. The van der Waals surface area contributed by atoms with Gasteiger partial charge in [0.25, 0.3) is 0 Å². The number of pyridine rings is 1. The van der Waals surface area contributed by atoms with E-state index in [9.17, 15) is 4.79 Å². The minimum Gasteiger partial charge on any atom is -0.324 e. The van der Waals surface area contributed by atoms with Crippen molar-refractivity contribution in [3.05, 3.63) is 37.1 Å². The molecule has 2 aromatic heterocycles. The van der Waals surface area contributed by atoms with E-state index in [1.165, 1.54) is 6.33 Å².